The molecule has 3 aromatic rings. The minimum absolute atomic E-state index is 0.141. The lowest BCUT2D eigenvalue weighted by molar-refractivity contribution is -0.141. The van der Waals surface area contributed by atoms with Crippen LogP contribution in [0.3, 0.4) is 0 Å². The van der Waals surface area contributed by atoms with Gasteiger partial charge in [-0.1, -0.05) is 0 Å². The summed E-state index contributed by atoms with van der Waals surface area (Å²) < 4.78 is 56.8. The molecule has 0 aliphatic carbocycles. The Morgan fingerprint density at radius 2 is 1.85 bits per heavy atom. The van der Waals surface area contributed by atoms with Crippen LogP contribution in [0.1, 0.15) is 28.7 Å². The molecule has 2 heterocycles. The van der Waals surface area contributed by atoms with Gasteiger partial charge in [-0.3, -0.25) is 9.78 Å². The largest absolute Gasteiger partial charge is 0.475 e. The molecule has 0 amide bonds. The highest BCUT2D eigenvalue weighted by Gasteiger charge is 2.33. The molecule has 0 aliphatic rings. The Hall–Kier alpha value is -3.30. The molecule has 0 unspecified atom stereocenters. The number of pyridine rings is 1. The highest BCUT2D eigenvalue weighted by Crippen LogP contribution is 2.28. The van der Waals surface area contributed by atoms with Crippen LogP contribution in [0.4, 0.5) is 17.6 Å². The van der Waals surface area contributed by atoms with Gasteiger partial charge in [0.15, 0.2) is 5.69 Å². The summed E-state index contributed by atoms with van der Waals surface area (Å²) >= 11 is 0. The lowest BCUT2D eigenvalue weighted by Gasteiger charge is -2.06. The van der Waals surface area contributed by atoms with E-state index in [1.54, 1.807) is 6.92 Å². The molecular weight excluding hydrogens is 368 g/mol. The molecule has 0 N–H and O–H groups in total. The zero-order valence-corrected chi connectivity index (χ0v) is 13.9. The number of carbonyl (C=O) groups is 1. The van der Waals surface area contributed by atoms with Crippen molar-refractivity contribution in [3.05, 3.63) is 65.4 Å². The zero-order valence-electron chi connectivity index (χ0n) is 13.9. The Morgan fingerprint density at radius 1 is 1.15 bits per heavy atom. The highest BCUT2D eigenvalue weighted by atomic mass is 19.4. The van der Waals surface area contributed by atoms with Crippen LogP contribution in [-0.4, -0.2) is 32.4 Å². The molecule has 0 spiro atoms. The zero-order chi connectivity index (χ0) is 19.6. The molecule has 27 heavy (non-hydrogen) atoms. The Balaban J connectivity index is 2.02. The van der Waals surface area contributed by atoms with Crippen molar-refractivity contribution in [3.63, 3.8) is 0 Å². The van der Waals surface area contributed by atoms with Crippen LogP contribution in [0, 0.1) is 5.82 Å². The fourth-order valence-corrected chi connectivity index (χ4v) is 2.22. The molecule has 0 fully saturated rings. The summed E-state index contributed by atoms with van der Waals surface area (Å²) in [5.41, 5.74) is -1.37. The van der Waals surface area contributed by atoms with Gasteiger partial charge in [-0.15, -0.1) is 15.0 Å². The van der Waals surface area contributed by atoms with Crippen molar-refractivity contribution in [2.75, 3.05) is 6.61 Å². The summed E-state index contributed by atoms with van der Waals surface area (Å²) in [6.07, 6.45) is -3.80. The number of benzene rings is 1. The van der Waals surface area contributed by atoms with Crippen LogP contribution in [0.25, 0.3) is 5.69 Å². The van der Waals surface area contributed by atoms with E-state index in [9.17, 15) is 22.4 Å². The molecule has 10 heteroatoms. The van der Waals surface area contributed by atoms with E-state index in [1.165, 1.54) is 24.3 Å². The van der Waals surface area contributed by atoms with Gasteiger partial charge in [-0.2, -0.15) is 13.2 Å². The van der Waals surface area contributed by atoms with Crippen molar-refractivity contribution in [1.82, 2.24) is 20.0 Å². The number of halogens is 4. The van der Waals surface area contributed by atoms with Crippen molar-refractivity contribution in [2.45, 2.75) is 13.1 Å². The predicted molar refractivity (Wildman–Crippen MR) is 85.2 cm³/mol. The average Bonchev–Trinajstić information content (AvgIpc) is 3.05. The molecule has 0 atom stereocenters. The number of alkyl halides is 3. The highest BCUT2D eigenvalue weighted by molar-refractivity contribution is 6.09. The van der Waals surface area contributed by atoms with Gasteiger partial charge in [0.25, 0.3) is 5.88 Å². The van der Waals surface area contributed by atoms with Crippen molar-refractivity contribution in [3.8, 4) is 11.6 Å². The number of carbonyl (C=O) groups excluding carboxylic acids is 1. The average molecular weight is 380 g/mol. The second-order valence-corrected chi connectivity index (χ2v) is 5.31. The second kappa shape index (κ2) is 7.14. The van der Waals surface area contributed by atoms with Crippen molar-refractivity contribution < 1.29 is 27.1 Å². The molecule has 2 aromatic heterocycles. The fourth-order valence-electron chi connectivity index (χ4n) is 2.22. The Labute approximate surface area is 150 Å². The maximum Gasteiger partial charge on any atom is 0.433 e. The minimum atomic E-state index is -4.69. The molecule has 6 nitrogen and oxygen atoms in total. The van der Waals surface area contributed by atoms with Crippen molar-refractivity contribution in [2.24, 2.45) is 0 Å². The number of nitrogens with zero attached hydrogens (tertiary/aromatic N) is 4. The van der Waals surface area contributed by atoms with Gasteiger partial charge in [0.2, 0.25) is 5.78 Å². The van der Waals surface area contributed by atoms with Crippen LogP contribution in [0.2, 0.25) is 0 Å². The van der Waals surface area contributed by atoms with Gasteiger partial charge in [0.1, 0.15) is 11.5 Å². The first-order valence-electron chi connectivity index (χ1n) is 7.73. The first-order chi connectivity index (χ1) is 12.8. The summed E-state index contributed by atoms with van der Waals surface area (Å²) in [6.45, 7) is 1.81. The summed E-state index contributed by atoms with van der Waals surface area (Å²) in [5.74, 6) is -1.42. The van der Waals surface area contributed by atoms with Gasteiger partial charge in [-0.05, 0) is 43.3 Å². The van der Waals surface area contributed by atoms with Crippen LogP contribution in [0.5, 0.6) is 5.88 Å². The van der Waals surface area contributed by atoms with Crippen LogP contribution < -0.4 is 4.74 Å². The SMILES string of the molecule is CCOc1nn(-c2ccc(F)cc2)nc1C(=O)c1ccnc(C(F)(F)F)c1. The maximum absolute atomic E-state index is 13.1. The number of rotatable bonds is 5. The maximum atomic E-state index is 13.1. The third kappa shape index (κ3) is 3.94. The third-order valence-electron chi connectivity index (χ3n) is 3.45. The van der Waals surface area contributed by atoms with Gasteiger partial charge in [0.05, 0.1) is 12.3 Å². The topological polar surface area (TPSA) is 69.9 Å². The molecule has 0 saturated heterocycles. The Kier molecular flexibility index (Phi) is 4.89. The summed E-state index contributed by atoms with van der Waals surface area (Å²) in [6, 6.07) is 6.90. The van der Waals surface area contributed by atoms with Crippen molar-refractivity contribution in [1.29, 1.82) is 0 Å². The predicted octanol–water partition coefficient (Wildman–Crippen LogP) is 3.45. The van der Waals surface area contributed by atoms with Crippen LogP contribution in [0.15, 0.2) is 42.6 Å². The fraction of sp³-hybridized carbons (Fsp3) is 0.176. The number of hydrogen-bond acceptors (Lipinski definition) is 5. The number of ketones is 1. The standard InChI is InChI=1S/C17H12F4N4O2/c1-2-27-16-14(23-25(24-16)12-5-3-11(18)4-6-12)15(26)10-7-8-22-13(9-10)17(19,20)21/h3-9H,2H2,1H3. The molecule has 1 aromatic carbocycles. The van der Waals surface area contributed by atoms with E-state index < -0.39 is 23.5 Å². The quantitative estimate of drug-likeness (QED) is 0.501. The van der Waals surface area contributed by atoms with E-state index in [1.807, 2.05) is 0 Å². The molecule has 0 aliphatic heterocycles. The first kappa shape index (κ1) is 18.5. The number of ether oxygens (including phenoxy) is 1. The molecule has 0 saturated carbocycles. The van der Waals surface area contributed by atoms with E-state index in [-0.39, 0.29) is 23.7 Å². The van der Waals surface area contributed by atoms with Crippen LogP contribution >= 0.6 is 0 Å². The molecule has 140 valence electrons. The summed E-state index contributed by atoms with van der Waals surface area (Å²) in [7, 11) is 0. The van der Waals surface area contributed by atoms with Gasteiger partial charge in [-0.25, -0.2) is 4.39 Å². The lowest BCUT2D eigenvalue weighted by Crippen LogP contribution is -2.11. The molecule has 3 rings (SSSR count). The van der Waals surface area contributed by atoms with Gasteiger partial charge < -0.3 is 4.74 Å². The van der Waals surface area contributed by atoms with E-state index in [2.05, 4.69) is 15.2 Å². The molecule has 0 bridgehead atoms. The van der Waals surface area contributed by atoms with E-state index in [0.29, 0.717) is 11.8 Å². The van der Waals surface area contributed by atoms with E-state index >= 15 is 0 Å². The van der Waals surface area contributed by atoms with E-state index in [4.69, 9.17) is 4.74 Å². The van der Waals surface area contributed by atoms with Crippen molar-refractivity contribution >= 4 is 5.78 Å². The lowest BCUT2D eigenvalue weighted by atomic mass is 10.1. The number of hydrogen-bond donors (Lipinski definition) is 0. The van der Waals surface area contributed by atoms with Gasteiger partial charge in [0, 0.05) is 11.8 Å². The monoisotopic (exact) mass is 380 g/mol. The Bertz CT molecular complexity index is 968. The molecular formula is C17H12F4N4O2. The first-order valence-corrected chi connectivity index (χ1v) is 7.73. The van der Waals surface area contributed by atoms with E-state index in [0.717, 1.165) is 17.1 Å². The third-order valence-corrected chi connectivity index (χ3v) is 3.45. The second-order valence-electron chi connectivity index (χ2n) is 5.31. The summed E-state index contributed by atoms with van der Waals surface area (Å²) in [4.78, 5) is 16.9. The smallest absolute Gasteiger partial charge is 0.433 e. The van der Waals surface area contributed by atoms with Crippen LogP contribution in [-0.2, 0) is 6.18 Å². The minimum Gasteiger partial charge on any atom is -0.475 e. The summed E-state index contributed by atoms with van der Waals surface area (Å²) in [5, 5.41) is 8.02. The number of aromatic nitrogens is 4. The molecule has 0 radical (unpaired) electrons. The Morgan fingerprint density at radius 3 is 2.48 bits per heavy atom. The van der Waals surface area contributed by atoms with Gasteiger partial charge >= 0.3 is 6.18 Å². The normalized spacial score (nSPS) is 11.4.